The van der Waals surface area contributed by atoms with Crippen LogP contribution in [0.5, 0.6) is 0 Å². The number of aromatic nitrogens is 3. The summed E-state index contributed by atoms with van der Waals surface area (Å²) in [7, 11) is 1.34. The highest BCUT2D eigenvalue weighted by Crippen LogP contribution is 2.34. The van der Waals surface area contributed by atoms with Gasteiger partial charge in [0.15, 0.2) is 5.82 Å². The van der Waals surface area contributed by atoms with Crippen LogP contribution in [-0.2, 0) is 4.74 Å². The molecular weight excluding hydrogens is 288 g/mol. The number of rotatable bonds is 2. The van der Waals surface area contributed by atoms with Crippen molar-refractivity contribution in [2.75, 3.05) is 12.8 Å². The zero-order valence-corrected chi connectivity index (χ0v) is 12.3. The average molecular weight is 300 g/mol. The minimum Gasteiger partial charge on any atom is -0.465 e. The lowest BCUT2D eigenvalue weighted by Gasteiger charge is -2.03. The number of nitrogens with zero attached hydrogens (tertiary/aromatic N) is 3. The second-order valence-electron chi connectivity index (χ2n) is 4.35. The number of methoxy groups -OCH3 is 1. The van der Waals surface area contributed by atoms with Crippen molar-refractivity contribution in [1.29, 1.82) is 0 Å². The summed E-state index contributed by atoms with van der Waals surface area (Å²) in [4.78, 5) is 26.3. The zero-order valence-electron chi connectivity index (χ0n) is 11.5. The number of hydrogen-bond acceptors (Lipinski definition) is 7. The van der Waals surface area contributed by atoms with Crippen molar-refractivity contribution in [3.63, 3.8) is 0 Å². The summed E-state index contributed by atoms with van der Waals surface area (Å²) in [6.07, 6.45) is 1.67. The molecule has 0 saturated heterocycles. The molecule has 0 amide bonds. The molecule has 3 aromatic rings. The SMILES string of the molecule is COC(=O)c1c(C)sc2nc(-c3ccccn3)nc(N)c12. The Morgan fingerprint density at radius 1 is 1.33 bits per heavy atom. The molecular formula is C14H12N4O2S. The van der Waals surface area contributed by atoms with Gasteiger partial charge in [-0.2, -0.15) is 0 Å². The highest BCUT2D eigenvalue weighted by molar-refractivity contribution is 7.19. The molecule has 0 aliphatic rings. The molecule has 0 spiro atoms. The molecule has 0 aromatic carbocycles. The fraction of sp³-hybridized carbons (Fsp3) is 0.143. The van der Waals surface area contributed by atoms with E-state index >= 15 is 0 Å². The van der Waals surface area contributed by atoms with Crippen molar-refractivity contribution in [2.24, 2.45) is 0 Å². The van der Waals surface area contributed by atoms with Gasteiger partial charge < -0.3 is 10.5 Å². The second kappa shape index (κ2) is 5.10. The van der Waals surface area contributed by atoms with E-state index in [1.807, 2.05) is 25.1 Å². The number of carbonyl (C=O) groups excluding carboxylic acids is 1. The first-order chi connectivity index (χ1) is 10.1. The molecule has 3 heterocycles. The van der Waals surface area contributed by atoms with Gasteiger partial charge in [-0.25, -0.2) is 14.8 Å². The van der Waals surface area contributed by atoms with Crippen molar-refractivity contribution in [1.82, 2.24) is 15.0 Å². The van der Waals surface area contributed by atoms with Crippen molar-refractivity contribution in [3.05, 3.63) is 34.8 Å². The van der Waals surface area contributed by atoms with E-state index in [1.165, 1.54) is 18.4 Å². The number of nitrogens with two attached hydrogens (primary N) is 1. The molecule has 0 fully saturated rings. The number of ether oxygens (including phenoxy) is 1. The first-order valence-corrected chi connectivity index (χ1v) is 6.99. The molecule has 3 rings (SSSR count). The fourth-order valence-corrected chi connectivity index (χ4v) is 3.11. The summed E-state index contributed by atoms with van der Waals surface area (Å²) in [5.41, 5.74) is 7.09. The third kappa shape index (κ3) is 2.21. The molecule has 0 radical (unpaired) electrons. The number of anilines is 1. The van der Waals surface area contributed by atoms with Crippen molar-refractivity contribution in [2.45, 2.75) is 6.92 Å². The molecule has 0 atom stereocenters. The summed E-state index contributed by atoms with van der Waals surface area (Å²) < 4.78 is 4.80. The summed E-state index contributed by atoms with van der Waals surface area (Å²) in [6.45, 7) is 1.83. The molecule has 2 N–H and O–H groups in total. The van der Waals surface area contributed by atoms with Crippen LogP contribution in [0.2, 0.25) is 0 Å². The molecule has 0 aliphatic heterocycles. The van der Waals surface area contributed by atoms with Gasteiger partial charge in [0.25, 0.3) is 0 Å². The summed E-state index contributed by atoms with van der Waals surface area (Å²) >= 11 is 1.39. The molecule has 21 heavy (non-hydrogen) atoms. The molecule has 0 aliphatic carbocycles. The number of carbonyl (C=O) groups is 1. The number of hydrogen-bond donors (Lipinski definition) is 1. The van der Waals surface area contributed by atoms with E-state index in [9.17, 15) is 4.79 Å². The van der Waals surface area contributed by atoms with E-state index in [1.54, 1.807) is 6.20 Å². The predicted molar refractivity (Wildman–Crippen MR) is 81.1 cm³/mol. The average Bonchev–Trinajstić information content (AvgIpc) is 2.84. The van der Waals surface area contributed by atoms with Crippen molar-refractivity contribution >= 4 is 33.3 Å². The van der Waals surface area contributed by atoms with Gasteiger partial charge in [0.05, 0.1) is 18.1 Å². The first kappa shape index (κ1) is 13.4. The lowest BCUT2D eigenvalue weighted by atomic mass is 10.2. The second-order valence-corrected chi connectivity index (χ2v) is 5.56. The van der Waals surface area contributed by atoms with Crippen molar-refractivity contribution < 1.29 is 9.53 Å². The van der Waals surface area contributed by atoms with Gasteiger partial charge in [-0.15, -0.1) is 11.3 Å². The normalized spacial score (nSPS) is 10.8. The number of esters is 1. The first-order valence-electron chi connectivity index (χ1n) is 6.18. The van der Waals surface area contributed by atoms with E-state index in [-0.39, 0.29) is 5.82 Å². The largest absolute Gasteiger partial charge is 0.465 e. The van der Waals surface area contributed by atoms with Crippen LogP contribution < -0.4 is 5.73 Å². The van der Waals surface area contributed by atoms with Gasteiger partial charge in [0.2, 0.25) is 0 Å². The third-order valence-electron chi connectivity index (χ3n) is 3.04. The quantitative estimate of drug-likeness (QED) is 0.731. The Morgan fingerprint density at radius 2 is 2.14 bits per heavy atom. The number of pyridine rings is 1. The minimum atomic E-state index is -0.431. The summed E-state index contributed by atoms with van der Waals surface area (Å²) in [5, 5.41) is 0.545. The third-order valence-corrected chi connectivity index (χ3v) is 4.04. The lowest BCUT2D eigenvalue weighted by molar-refractivity contribution is 0.0603. The Bertz CT molecular complexity index is 830. The van der Waals surface area contributed by atoms with E-state index < -0.39 is 5.97 Å². The van der Waals surface area contributed by atoms with Crippen LogP contribution in [-0.4, -0.2) is 28.0 Å². The highest BCUT2D eigenvalue weighted by Gasteiger charge is 2.22. The lowest BCUT2D eigenvalue weighted by Crippen LogP contribution is -2.04. The van der Waals surface area contributed by atoms with Crippen molar-refractivity contribution in [3.8, 4) is 11.5 Å². The van der Waals surface area contributed by atoms with Crippen LogP contribution in [0, 0.1) is 6.92 Å². The van der Waals surface area contributed by atoms with Crippen LogP contribution in [0.3, 0.4) is 0 Å². The highest BCUT2D eigenvalue weighted by atomic mass is 32.1. The summed E-state index contributed by atoms with van der Waals surface area (Å²) in [5.74, 6) is 0.267. The van der Waals surface area contributed by atoms with Gasteiger partial charge in [-0.05, 0) is 19.1 Å². The van der Waals surface area contributed by atoms with Crippen LogP contribution in [0.1, 0.15) is 15.2 Å². The molecule has 0 saturated carbocycles. The Hall–Kier alpha value is -2.54. The Morgan fingerprint density at radius 3 is 2.81 bits per heavy atom. The van der Waals surface area contributed by atoms with E-state index in [0.717, 1.165) is 4.88 Å². The summed E-state index contributed by atoms with van der Waals surface area (Å²) in [6, 6.07) is 5.48. The predicted octanol–water partition coefficient (Wildman–Crippen LogP) is 2.43. The van der Waals surface area contributed by atoms with Gasteiger partial charge in [-0.1, -0.05) is 6.07 Å². The van der Waals surface area contributed by atoms with Crippen LogP contribution >= 0.6 is 11.3 Å². The van der Waals surface area contributed by atoms with E-state index in [2.05, 4.69) is 15.0 Å². The van der Waals surface area contributed by atoms with Gasteiger partial charge in [0.1, 0.15) is 16.3 Å². The molecule has 0 bridgehead atoms. The molecule has 0 unspecified atom stereocenters. The Kier molecular flexibility index (Phi) is 3.26. The Labute approximate surface area is 124 Å². The maximum absolute atomic E-state index is 11.9. The van der Waals surface area contributed by atoms with Gasteiger partial charge in [-0.3, -0.25) is 4.98 Å². The van der Waals surface area contributed by atoms with Crippen LogP contribution in [0.15, 0.2) is 24.4 Å². The number of thiophene rings is 1. The minimum absolute atomic E-state index is 0.255. The standard InChI is InChI=1S/C14H12N4O2S/c1-7-9(14(19)20-2)10-11(15)17-12(18-13(10)21-7)8-5-3-4-6-16-8/h3-6H,1-2H3,(H2,15,17,18). The topological polar surface area (TPSA) is 91.0 Å². The maximum Gasteiger partial charge on any atom is 0.339 e. The van der Waals surface area contributed by atoms with E-state index in [4.69, 9.17) is 10.5 Å². The molecule has 6 nitrogen and oxygen atoms in total. The molecule has 3 aromatic heterocycles. The fourth-order valence-electron chi connectivity index (χ4n) is 2.10. The van der Waals surface area contributed by atoms with Crippen LogP contribution in [0.25, 0.3) is 21.7 Å². The maximum atomic E-state index is 11.9. The van der Waals surface area contributed by atoms with Crippen LogP contribution in [0.4, 0.5) is 5.82 Å². The zero-order chi connectivity index (χ0) is 15.0. The number of nitrogen functional groups attached to an aromatic ring is 1. The number of aryl methyl sites for hydroxylation is 1. The molecule has 106 valence electrons. The van der Waals surface area contributed by atoms with Gasteiger partial charge in [0, 0.05) is 11.1 Å². The Balaban J connectivity index is 2.26. The van der Waals surface area contributed by atoms with Gasteiger partial charge >= 0.3 is 5.97 Å². The molecule has 7 heteroatoms. The monoisotopic (exact) mass is 300 g/mol. The number of fused-ring (bicyclic) bond motifs is 1. The van der Waals surface area contributed by atoms with E-state index in [0.29, 0.717) is 27.3 Å². The smallest absolute Gasteiger partial charge is 0.339 e.